The van der Waals surface area contributed by atoms with Crippen molar-refractivity contribution in [2.24, 2.45) is 5.41 Å². The van der Waals surface area contributed by atoms with E-state index in [1.54, 1.807) is 4.90 Å². The molecule has 3 atom stereocenters. The fourth-order valence-corrected chi connectivity index (χ4v) is 4.53. The highest BCUT2D eigenvalue weighted by Gasteiger charge is 2.48. The molecule has 3 fully saturated rings. The van der Waals surface area contributed by atoms with Crippen molar-refractivity contribution in [2.75, 3.05) is 0 Å². The van der Waals surface area contributed by atoms with Gasteiger partial charge in [-0.3, -0.25) is 14.5 Å². The molecular weight excluding hydrogens is 252 g/mol. The lowest BCUT2D eigenvalue weighted by Crippen LogP contribution is -2.60. The summed E-state index contributed by atoms with van der Waals surface area (Å²) in [7, 11) is 0. The molecule has 4 heteroatoms. The summed E-state index contributed by atoms with van der Waals surface area (Å²) >= 11 is 0. The highest BCUT2D eigenvalue weighted by molar-refractivity contribution is 5.99. The van der Waals surface area contributed by atoms with E-state index < -0.39 is 0 Å². The van der Waals surface area contributed by atoms with Crippen molar-refractivity contribution in [3.8, 4) is 0 Å². The predicted molar refractivity (Wildman–Crippen MR) is 77.1 cm³/mol. The Morgan fingerprint density at radius 3 is 2.20 bits per heavy atom. The molecular formula is C16H26N2O2. The van der Waals surface area contributed by atoms with Crippen molar-refractivity contribution >= 4 is 11.8 Å². The first kappa shape index (κ1) is 14.1. The van der Waals surface area contributed by atoms with Crippen molar-refractivity contribution in [2.45, 2.75) is 83.3 Å². The van der Waals surface area contributed by atoms with Gasteiger partial charge in [0.1, 0.15) is 0 Å². The minimum Gasteiger partial charge on any atom is -0.310 e. The number of hydrogen-bond acceptors (Lipinski definition) is 3. The largest absolute Gasteiger partial charge is 0.310 e. The number of nitrogens with zero attached hydrogens (tertiary/aromatic N) is 1. The average molecular weight is 278 g/mol. The van der Waals surface area contributed by atoms with Crippen molar-refractivity contribution in [3.63, 3.8) is 0 Å². The van der Waals surface area contributed by atoms with Gasteiger partial charge in [-0.05, 0) is 44.9 Å². The van der Waals surface area contributed by atoms with E-state index in [-0.39, 0.29) is 29.3 Å². The van der Waals surface area contributed by atoms with Crippen LogP contribution in [0.2, 0.25) is 0 Å². The fourth-order valence-electron chi connectivity index (χ4n) is 4.53. The monoisotopic (exact) mass is 278 g/mol. The lowest BCUT2D eigenvalue weighted by atomic mass is 9.75. The number of amides is 2. The molecule has 0 aromatic carbocycles. The molecule has 2 heterocycles. The standard InChI is InChI=1S/C16H26N2O2/c1-11-5-6-13(12(2)17-11)18-14(19)9-16(10-15(18)20)7-3-4-8-16/h11-13,17H,3-10H2,1-2H3. The minimum atomic E-state index is 0.0172. The molecule has 2 aliphatic heterocycles. The Morgan fingerprint density at radius 1 is 1.05 bits per heavy atom. The molecule has 3 rings (SSSR count). The van der Waals surface area contributed by atoms with E-state index in [4.69, 9.17) is 0 Å². The fraction of sp³-hybridized carbons (Fsp3) is 0.875. The number of piperidine rings is 2. The molecule has 0 aromatic rings. The van der Waals surface area contributed by atoms with Crippen LogP contribution in [0, 0.1) is 5.41 Å². The van der Waals surface area contributed by atoms with Gasteiger partial charge in [0.25, 0.3) is 0 Å². The number of imide groups is 1. The van der Waals surface area contributed by atoms with Crippen molar-refractivity contribution < 1.29 is 9.59 Å². The topological polar surface area (TPSA) is 49.4 Å². The van der Waals surface area contributed by atoms with Gasteiger partial charge in [0.15, 0.2) is 0 Å². The summed E-state index contributed by atoms with van der Waals surface area (Å²) in [5.74, 6) is 0.160. The molecule has 1 aliphatic carbocycles. The van der Waals surface area contributed by atoms with Crippen LogP contribution < -0.4 is 5.32 Å². The summed E-state index contributed by atoms with van der Waals surface area (Å²) in [6.45, 7) is 4.26. The van der Waals surface area contributed by atoms with Crippen molar-refractivity contribution in [1.29, 1.82) is 0 Å². The quantitative estimate of drug-likeness (QED) is 0.748. The SMILES string of the molecule is CC1CCC(N2C(=O)CC3(CCCC3)CC2=O)C(C)N1. The van der Waals surface area contributed by atoms with Gasteiger partial charge in [-0.15, -0.1) is 0 Å². The highest BCUT2D eigenvalue weighted by atomic mass is 16.2. The van der Waals surface area contributed by atoms with Crippen LogP contribution in [-0.2, 0) is 9.59 Å². The summed E-state index contributed by atoms with van der Waals surface area (Å²) in [5, 5.41) is 3.48. The second-order valence-electron chi connectivity index (χ2n) is 7.22. The zero-order valence-electron chi connectivity index (χ0n) is 12.7. The van der Waals surface area contributed by atoms with Gasteiger partial charge in [0, 0.05) is 24.9 Å². The Bertz CT molecular complexity index is 395. The first-order chi connectivity index (χ1) is 9.51. The average Bonchev–Trinajstić information content (AvgIpc) is 2.79. The molecule has 1 saturated carbocycles. The number of rotatable bonds is 1. The molecule has 0 aromatic heterocycles. The number of carbonyl (C=O) groups excluding carboxylic acids is 2. The Morgan fingerprint density at radius 2 is 1.65 bits per heavy atom. The third-order valence-corrected chi connectivity index (χ3v) is 5.61. The molecule has 20 heavy (non-hydrogen) atoms. The van der Waals surface area contributed by atoms with E-state index >= 15 is 0 Å². The van der Waals surface area contributed by atoms with Crippen molar-refractivity contribution in [1.82, 2.24) is 10.2 Å². The maximum absolute atomic E-state index is 12.6. The molecule has 0 bridgehead atoms. The molecule has 3 aliphatic rings. The summed E-state index contributed by atoms with van der Waals surface area (Å²) in [5.41, 5.74) is 0.0172. The summed E-state index contributed by atoms with van der Waals surface area (Å²) in [4.78, 5) is 26.7. The van der Waals surface area contributed by atoms with Crippen LogP contribution in [0.1, 0.15) is 65.2 Å². The van der Waals surface area contributed by atoms with Crippen LogP contribution >= 0.6 is 0 Å². The highest BCUT2D eigenvalue weighted by Crippen LogP contribution is 2.47. The van der Waals surface area contributed by atoms with Gasteiger partial charge in [-0.25, -0.2) is 0 Å². The first-order valence-corrected chi connectivity index (χ1v) is 8.12. The van der Waals surface area contributed by atoms with E-state index in [0.717, 1.165) is 25.7 Å². The minimum absolute atomic E-state index is 0.0172. The van der Waals surface area contributed by atoms with Crippen LogP contribution in [0.4, 0.5) is 0 Å². The van der Waals surface area contributed by atoms with Crippen LogP contribution in [0.15, 0.2) is 0 Å². The van der Waals surface area contributed by atoms with Gasteiger partial charge >= 0.3 is 0 Å². The lowest BCUT2D eigenvalue weighted by Gasteiger charge is -2.45. The van der Waals surface area contributed by atoms with Crippen LogP contribution in [0.3, 0.4) is 0 Å². The van der Waals surface area contributed by atoms with E-state index in [9.17, 15) is 9.59 Å². The molecule has 1 spiro atoms. The molecule has 2 saturated heterocycles. The Labute approximate surface area is 121 Å². The van der Waals surface area contributed by atoms with Crippen LogP contribution in [-0.4, -0.2) is 34.8 Å². The maximum Gasteiger partial charge on any atom is 0.230 e. The Balaban J connectivity index is 1.74. The van der Waals surface area contributed by atoms with Gasteiger partial charge < -0.3 is 5.32 Å². The van der Waals surface area contributed by atoms with E-state index in [0.29, 0.717) is 18.9 Å². The van der Waals surface area contributed by atoms with Gasteiger partial charge in [0.2, 0.25) is 11.8 Å². The van der Waals surface area contributed by atoms with Crippen LogP contribution in [0.25, 0.3) is 0 Å². The summed E-state index contributed by atoms with van der Waals surface area (Å²) < 4.78 is 0. The van der Waals surface area contributed by atoms with Crippen molar-refractivity contribution in [3.05, 3.63) is 0 Å². The second-order valence-corrected chi connectivity index (χ2v) is 7.22. The summed E-state index contributed by atoms with van der Waals surface area (Å²) in [6.07, 6.45) is 7.66. The van der Waals surface area contributed by atoms with Gasteiger partial charge in [-0.1, -0.05) is 12.8 Å². The third-order valence-electron chi connectivity index (χ3n) is 5.61. The smallest absolute Gasteiger partial charge is 0.230 e. The zero-order valence-corrected chi connectivity index (χ0v) is 12.7. The van der Waals surface area contributed by atoms with Crippen LogP contribution in [0.5, 0.6) is 0 Å². The Kier molecular flexibility index (Phi) is 3.61. The second kappa shape index (κ2) is 5.14. The van der Waals surface area contributed by atoms with Gasteiger partial charge in [0.05, 0.1) is 6.04 Å². The maximum atomic E-state index is 12.6. The third kappa shape index (κ3) is 2.39. The number of hydrogen-bond donors (Lipinski definition) is 1. The van der Waals surface area contributed by atoms with E-state index in [1.165, 1.54) is 12.8 Å². The normalized spacial score (nSPS) is 37.7. The lowest BCUT2D eigenvalue weighted by molar-refractivity contribution is -0.158. The number of nitrogens with one attached hydrogen (secondary N) is 1. The van der Waals surface area contributed by atoms with E-state index in [1.807, 2.05) is 0 Å². The molecule has 0 radical (unpaired) electrons. The molecule has 2 amide bonds. The van der Waals surface area contributed by atoms with Gasteiger partial charge in [-0.2, -0.15) is 0 Å². The number of likely N-dealkylation sites (tertiary alicyclic amines) is 1. The molecule has 4 nitrogen and oxygen atoms in total. The zero-order chi connectivity index (χ0) is 14.3. The molecule has 112 valence electrons. The van der Waals surface area contributed by atoms with E-state index in [2.05, 4.69) is 19.2 Å². The molecule has 1 N–H and O–H groups in total. The number of carbonyl (C=O) groups is 2. The Hall–Kier alpha value is -0.900. The molecule has 3 unspecified atom stereocenters. The first-order valence-electron chi connectivity index (χ1n) is 8.12. The summed E-state index contributed by atoms with van der Waals surface area (Å²) in [6, 6.07) is 0.756. The predicted octanol–water partition coefficient (Wildman–Crippen LogP) is 2.22.